The van der Waals surface area contributed by atoms with E-state index in [4.69, 9.17) is 10.5 Å². The van der Waals surface area contributed by atoms with E-state index < -0.39 is 5.67 Å². The second-order valence-electron chi connectivity index (χ2n) is 2.52. The van der Waals surface area contributed by atoms with Gasteiger partial charge < -0.3 is 10.5 Å². The zero-order valence-electron chi connectivity index (χ0n) is 6.87. The second kappa shape index (κ2) is 3.06. The van der Waals surface area contributed by atoms with Crippen LogP contribution in [0.5, 0.6) is 5.88 Å². The quantitative estimate of drug-likeness (QED) is 0.711. The van der Waals surface area contributed by atoms with Crippen LogP contribution in [0.4, 0.5) is 4.39 Å². The maximum absolute atomic E-state index is 13.5. The highest BCUT2D eigenvalue weighted by atomic mass is 19.1. The first-order valence-electron chi connectivity index (χ1n) is 3.38. The number of rotatable bonds is 3. The number of hydrogen-bond acceptors (Lipinski definition) is 5. The lowest BCUT2D eigenvalue weighted by atomic mass is 10.1. The van der Waals surface area contributed by atoms with Gasteiger partial charge in [0.2, 0.25) is 0 Å². The molecule has 0 aromatic carbocycles. The van der Waals surface area contributed by atoms with Crippen molar-refractivity contribution in [1.29, 1.82) is 0 Å². The normalized spacial score (nSPS) is 15.7. The molecule has 0 radical (unpaired) electrons. The average molecular weight is 175 g/mol. The molecule has 2 N–H and O–H groups in total. The Kier molecular flexibility index (Phi) is 2.27. The molecule has 12 heavy (non-hydrogen) atoms. The molecule has 1 aromatic heterocycles. The Balaban J connectivity index is 3.00. The summed E-state index contributed by atoms with van der Waals surface area (Å²) in [4.78, 5) is 0. The van der Waals surface area contributed by atoms with Crippen LogP contribution in [0, 0.1) is 0 Å². The van der Waals surface area contributed by atoms with Crippen LogP contribution in [0.15, 0.2) is 4.63 Å². The number of alkyl halides is 1. The van der Waals surface area contributed by atoms with Crippen molar-refractivity contribution >= 4 is 0 Å². The molecule has 1 unspecified atom stereocenters. The van der Waals surface area contributed by atoms with E-state index in [1.807, 2.05) is 0 Å². The number of hydrogen-bond donors (Lipinski definition) is 1. The molecule has 0 saturated carbocycles. The summed E-state index contributed by atoms with van der Waals surface area (Å²) in [5.41, 5.74) is 3.42. The van der Waals surface area contributed by atoms with Crippen LogP contribution in [-0.2, 0) is 5.67 Å². The number of methoxy groups -OCH3 is 1. The topological polar surface area (TPSA) is 74.2 Å². The van der Waals surface area contributed by atoms with E-state index in [0.717, 1.165) is 0 Å². The van der Waals surface area contributed by atoms with Crippen LogP contribution in [0.3, 0.4) is 0 Å². The summed E-state index contributed by atoms with van der Waals surface area (Å²) >= 11 is 0. The van der Waals surface area contributed by atoms with Gasteiger partial charge in [0.1, 0.15) is 0 Å². The van der Waals surface area contributed by atoms with Crippen LogP contribution in [0.2, 0.25) is 0 Å². The average Bonchev–Trinajstić information content (AvgIpc) is 2.52. The van der Waals surface area contributed by atoms with Crippen LogP contribution in [0.25, 0.3) is 0 Å². The van der Waals surface area contributed by atoms with Gasteiger partial charge in [0.25, 0.3) is 5.88 Å². The Morgan fingerprint density at radius 2 is 2.33 bits per heavy atom. The molecule has 1 heterocycles. The van der Waals surface area contributed by atoms with Crippen molar-refractivity contribution in [3.05, 3.63) is 5.69 Å². The van der Waals surface area contributed by atoms with Gasteiger partial charge in [-0.25, -0.2) is 9.02 Å². The van der Waals surface area contributed by atoms with Gasteiger partial charge in [0.15, 0.2) is 11.4 Å². The van der Waals surface area contributed by atoms with Crippen molar-refractivity contribution in [2.75, 3.05) is 13.7 Å². The molecule has 0 spiro atoms. The van der Waals surface area contributed by atoms with Gasteiger partial charge >= 0.3 is 0 Å². The summed E-state index contributed by atoms with van der Waals surface area (Å²) in [6.07, 6.45) is 0. The number of ether oxygens (including phenoxy) is 1. The predicted molar refractivity (Wildman–Crippen MR) is 38.4 cm³/mol. The molecule has 1 atom stereocenters. The molecule has 1 rings (SSSR count). The fraction of sp³-hybridized carbons (Fsp3) is 0.667. The van der Waals surface area contributed by atoms with Crippen molar-refractivity contribution in [2.24, 2.45) is 5.73 Å². The number of nitrogens with two attached hydrogens (primary N) is 1. The summed E-state index contributed by atoms with van der Waals surface area (Å²) < 4.78 is 22.5. The number of nitrogens with zero attached hydrogens (tertiary/aromatic N) is 2. The minimum atomic E-state index is -1.76. The monoisotopic (exact) mass is 175 g/mol. The molecular formula is C6H10FN3O2. The summed E-state index contributed by atoms with van der Waals surface area (Å²) in [6, 6.07) is 0. The summed E-state index contributed by atoms with van der Waals surface area (Å²) in [5.74, 6) is 0.0328. The van der Waals surface area contributed by atoms with E-state index in [9.17, 15) is 4.39 Å². The third kappa shape index (κ3) is 1.38. The fourth-order valence-corrected chi connectivity index (χ4v) is 0.729. The third-order valence-corrected chi connectivity index (χ3v) is 1.53. The molecule has 0 bridgehead atoms. The highest BCUT2D eigenvalue weighted by Crippen LogP contribution is 2.28. The van der Waals surface area contributed by atoms with Gasteiger partial charge in [0.05, 0.1) is 7.11 Å². The van der Waals surface area contributed by atoms with Gasteiger partial charge in [-0.2, -0.15) is 0 Å². The lowest BCUT2D eigenvalue weighted by Crippen LogP contribution is -2.27. The van der Waals surface area contributed by atoms with Crippen molar-refractivity contribution in [1.82, 2.24) is 10.3 Å². The Bertz CT molecular complexity index is 261. The summed E-state index contributed by atoms with van der Waals surface area (Å²) in [6.45, 7) is 1.09. The lowest BCUT2D eigenvalue weighted by molar-refractivity contribution is 0.181. The molecule has 0 amide bonds. The zero-order valence-corrected chi connectivity index (χ0v) is 6.87. The molecule has 0 aliphatic rings. The highest BCUT2D eigenvalue weighted by Gasteiger charge is 2.32. The standard InChI is InChI=1S/C6H10FN3O2/c1-6(7,3-8)4-5(11-2)10-12-9-4/h3,8H2,1-2H3. The Morgan fingerprint density at radius 3 is 2.83 bits per heavy atom. The molecule has 68 valence electrons. The van der Waals surface area contributed by atoms with Crippen molar-refractivity contribution in [2.45, 2.75) is 12.6 Å². The Labute approximate surface area is 68.6 Å². The maximum Gasteiger partial charge on any atom is 0.282 e. The first kappa shape index (κ1) is 8.92. The van der Waals surface area contributed by atoms with Gasteiger partial charge in [0, 0.05) is 6.54 Å². The summed E-state index contributed by atoms with van der Waals surface area (Å²) in [7, 11) is 1.36. The van der Waals surface area contributed by atoms with Crippen LogP contribution < -0.4 is 10.5 Å². The molecule has 5 nitrogen and oxygen atoms in total. The molecule has 0 fully saturated rings. The summed E-state index contributed by atoms with van der Waals surface area (Å²) in [5, 5.41) is 6.71. The van der Waals surface area contributed by atoms with Crippen LogP contribution in [-0.4, -0.2) is 24.0 Å². The Hall–Kier alpha value is -1.17. The van der Waals surface area contributed by atoms with Crippen molar-refractivity contribution < 1.29 is 13.8 Å². The van der Waals surface area contributed by atoms with Gasteiger partial charge in [-0.1, -0.05) is 0 Å². The molecule has 0 aliphatic carbocycles. The van der Waals surface area contributed by atoms with Crippen molar-refractivity contribution in [3.63, 3.8) is 0 Å². The largest absolute Gasteiger partial charge is 0.477 e. The van der Waals surface area contributed by atoms with Gasteiger partial charge in [-0.3, -0.25) is 0 Å². The van der Waals surface area contributed by atoms with Crippen molar-refractivity contribution in [3.8, 4) is 5.88 Å². The highest BCUT2D eigenvalue weighted by molar-refractivity contribution is 5.21. The Morgan fingerprint density at radius 1 is 1.67 bits per heavy atom. The number of halogens is 1. The van der Waals surface area contributed by atoms with Gasteiger partial charge in [-0.05, 0) is 17.2 Å². The second-order valence-corrected chi connectivity index (χ2v) is 2.52. The molecule has 1 aromatic rings. The molecule has 0 aliphatic heterocycles. The minimum absolute atomic E-state index is 0.00694. The van der Waals surface area contributed by atoms with E-state index in [0.29, 0.717) is 0 Å². The van der Waals surface area contributed by atoms with Gasteiger partial charge in [-0.15, -0.1) is 0 Å². The smallest absolute Gasteiger partial charge is 0.282 e. The van der Waals surface area contributed by atoms with Crippen LogP contribution >= 0.6 is 0 Å². The molecule has 6 heteroatoms. The SMILES string of the molecule is COc1nonc1C(C)(F)CN. The maximum atomic E-state index is 13.5. The van der Waals surface area contributed by atoms with E-state index in [2.05, 4.69) is 14.9 Å². The lowest BCUT2D eigenvalue weighted by Gasteiger charge is -2.13. The predicted octanol–water partition coefficient (Wildman–Crippen LogP) is 0.222. The first-order valence-corrected chi connectivity index (χ1v) is 3.38. The zero-order chi connectivity index (χ0) is 9.19. The van der Waals surface area contributed by atoms with Crippen LogP contribution in [0.1, 0.15) is 12.6 Å². The van der Waals surface area contributed by atoms with E-state index in [-0.39, 0.29) is 18.1 Å². The third-order valence-electron chi connectivity index (χ3n) is 1.53. The minimum Gasteiger partial charge on any atom is -0.477 e. The first-order chi connectivity index (χ1) is 5.61. The molecular weight excluding hydrogens is 165 g/mol. The fourth-order valence-electron chi connectivity index (χ4n) is 0.729. The van der Waals surface area contributed by atoms with E-state index >= 15 is 0 Å². The van der Waals surface area contributed by atoms with E-state index in [1.165, 1.54) is 14.0 Å². The number of aromatic nitrogens is 2. The molecule has 0 saturated heterocycles. The van der Waals surface area contributed by atoms with E-state index in [1.54, 1.807) is 0 Å².